The zero-order valence-corrected chi connectivity index (χ0v) is 29.7. The SMILES string of the molecule is C=C(NC1CCN(Cc2ccc(OC(F)(F)F)cc2)CC1)/C(=C(/N)CC)N(C)/C=C\C=C/C.CC.CC.CC.CC.CC. The van der Waals surface area contributed by atoms with Gasteiger partial charge in [0.05, 0.1) is 11.4 Å². The first kappa shape index (κ1) is 47.1. The number of nitrogens with two attached hydrogens (primary N) is 1. The van der Waals surface area contributed by atoms with Crippen LogP contribution in [0.5, 0.6) is 5.75 Å². The third-order valence-electron chi connectivity index (χ3n) is 5.47. The topological polar surface area (TPSA) is 53.8 Å². The Balaban J connectivity index is -0.000000687. The highest BCUT2D eigenvalue weighted by atomic mass is 19.4. The average Bonchev–Trinajstić information content (AvgIpc) is 3.03. The molecule has 1 aliphatic rings. The normalized spacial score (nSPS) is 13.6. The molecular formula is C35H65F3N4O. The molecular weight excluding hydrogens is 549 g/mol. The van der Waals surface area contributed by atoms with Crippen LogP contribution in [0, 0.1) is 0 Å². The number of benzene rings is 1. The number of nitrogens with one attached hydrogen (secondary N) is 1. The van der Waals surface area contributed by atoms with E-state index in [9.17, 15) is 13.2 Å². The number of nitrogens with zero attached hydrogens (tertiary/aromatic N) is 2. The Labute approximate surface area is 263 Å². The number of piperidine rings is 1. The summed E-state index contributed by atoms with van der Waals surface area (Å²) < 4.78 is 40.9. The number of rotatable bonds is 10. The molecule has 0 aliphatic carbocycles. The van der Waals surface area contributed by atoms with Crippen LogP contribution in [-0.4, -0.2) is 42.3 Å². The molecule has 0 atom stereocenters. The highest BCUT2D eigenvalue weighted by Crippen LogP contribution is 2.24. The molecule has 1 fully saturated rings. The van der Waals surface area contributed by atoms with E-state index in [0.29, 0.717) is 6.54 Å². The lowest BCUT2D eigenvalue weighted by atomic mass is 10.0. The summed E-state index contributed by atoms with van der Waals surface area (Å²) in [6.07, 6.45) is 5.76. The fourth-order valence-electron chi connectivity index (χ4n) is 3.77. The van der Waals surface area contributed by atoms with Gasteiger partial charge in [-0.15, -0.1) is 13.2 Å². The predicted molar refractivity (Wildman–Crippen MR) is 184 cm³/mol. The van der Waals surface area contributed by atoms with Gasteiger partial charge in [0.2, 0.25) is 0 Å². The first-order chi connectivity index (χ1) is 20.6. The van der Waals surface area contributed by atoms with Gasteiger partial charge in [-0.2, -0.15) is 0 Å². The molecule has 0 saturated carbocycles. The highest BCUT2D eigenvalue weighted by molar-refractivity contribution is 5.32. The highest BCUT2D eigenvalue weighted by Gasteiger charge is 2.31. The van der Waals surface area contributed by atoms with Gasteiger partial charge in [-0.3, -0.25) is 4.90 Å². The Morgan fingerprint density at radius 2 is 1.47 bits per heavy atom. The molecule has 252 valence electrons. The lowest BCUT2D eigenvalue weighted by Gasteiger charge is -2.34. The van der Waals surface area contributed by atoms with Gasteiger partial charge in [0.25, 0.3) is 0 Å². The van der Waals surface area contributed by atoms with Crippen LogP contribution >= 0.6 is 0 Å². The first-order valence-corrected chi connectivity index (χ1v) is 16.2. The molecule has 8 heteroatoms. The molecule has 1 aromatic rings. The fourth-order valence-corrected chi connectivity index (χ4v) is 3.77. The number of hydrogen-bond donors (Lipinski definition) is 2. The minimum atomic E-state index is -4.67. The number of halogens is 3. The molecule has 1 aliphatic heterocycles. The maximum Gasteiger partial charge on any atom is 0.573 e. The monoisotopic (exact) mass is 615 g/mol. The molecule has 1 aromatic carbocycles. The lowest BCUT2D eigenvalue weighted by molar-refractivity contribution is -0.274. The standard InChI is InChI=1S/C25H35F3N4O.5C2H6/c1-5-7-8-15-31(4)24(23(29)6-2)19(3)30-21-13-16-32(17-14-21)18-20-9-11-22(12-10-20)33-25(26,27)28;5*1-2/h5,7-12,15,21,30H,3,6,13-14,16-18,29H2,1-2,4H3;5*1-2H3/b7-5-,15-8-,24-23-;;;;;. The van der Waals surface area contributed by atoms with Crippen molar-refractivity contribution < 1.29 is 17.9 Å². The van der Waals surface area contributed by atoms with Gasteiger partial charge in [-0.1, -0.05) is 107 Å². The van der Waals surface area contributed by atoms with E-state index in [0.717, 1.165) is 55.0 Å². The minimum Gasteiger partial charge on any atom is -0.406 e. The second-order valence-corrected chi connectivity index (χ2v) is 8.07. The Bertz CT molecular complexity index is 855. The van der Waals surface area contributed by atoms with Gasteiger partial charge in [0, 0.05) is 44.6 Å². The molecule has 0 spiro atoms. The molecule has 0 bridgehead atoms. The average molecular weight is 615 g/mol. The summed E-state index contributed by atoms with van der Waals surface area (Å²) in [6.45, 7) is 30.7. The zero-order chi connectivity index (χ0) is 34.4. The van der Waals surface area contributed by atoms with Crippen molar-refractivity contribution in [2.75, 3.05) is 20.1 Å². The second-order valence-electron chi connectivity index (χ2n) is 8.07. The van der Waals surface area contributed by atoms with Crippen LogP contribution in [0.4, 0.5) is 13.2 Å². The summed E-state index contributed by atoms with van der Waals surface area (Å²) in [7, 11) is 1.96. The zero-order valence-electron chi connectivity index (χ0n) is 29.7. The lowest BCUT2D eigenvalue weighted by Crippen LogP contribution is -2.42. The molecule has 0 aromatic heterocycles. The third-order valence-corrected chi connectivity index (χ3v) is 5.47. The van der Waals surface area contributed by atoms with E-state index in [2.05, 4.69) is 21.5 Å². The second kappa shape index (κ2) is 30.6. The Morgan fingerprint density at radius 3 is 1.88 bits per heavy atom. The smallest absolute Gasteiger partial charge is 0.406 e. The van der Waals surface area contributed by atoms with Gasteiger partial charge in [0.15, 0.2) is 0 Å². The number of likely N-dealkylation sites (tertiary alicyclic amines) is 1. The molecule has 0 radical (unpaired) electrons. The van der Waals surface area contributed by atoms with Crippen molar-refractivity contribution in [3.63, 3.8) is 0 Å². The third kappa shape index (κ3) is 22.3. The number of likely N-dealkylation sites (N-methyl/N-ethyl adjacent to an activating group) is 1. The van der Waals surface area contributed by atoms with E-state index in [1.807, 2.05) is 119 Å². The van der Waals surface area contributed by atoms with E-state index in [1.54, 1.807) is 12.1 Å². The Kier molecular flexibility index (Phi) is 33.5. The van der Waals surface area contributed by atoms with Crippen molar-refractivity contribution >= 4 is 0 Å². The molecule has 2 rings (SSSR count). The van der Waals surface area contributed by atoms with Gasteiger partial charge < -0.3 is 20.7 Å². The number of ether oxygens (including phenoxy) is 1. The van der Waals surface area contributed by atoms with Crippen molar-refractivity contribution in [3.8, 4) is 5.75 Å². The Hall–Kier alpha value is -2.87. The van der Waals surface area contributed by atoms with Gasteiger partial charge in [0.1, 0.15) is 5.75 Å². The minimum absolute atomic E-state index is 0.201. The van der Waals surface area contributed by atoms with E-state index in [4.69, 9.17) is 5.73 Å². The maximum absolute atomic E-state index is 12.3. The number of alkyl halides is 3. The van der Waals surface area contributed by atoms with E-state index in [-0.39, 0.29) is 11.8 Å². The summed E-state index contributed by atoms with van der Waals surface area (Å²) >= 11 is 0. The first-order valence-electron chi connectivity index (χ1n) is 16.2. The molecule has 0 amide bonds. The molecule has 0 unspecified atom stereocenters. The quantitative estimate of drug-likeness (QED) is 0.257. The van der Waals surface area contributed by atoms with Crippen molar-refractivity contribution in [1.82, 2.24) is 15.1 Å². The largest absolute Gasteiger partial charge is 0.573 e. The van der Waals surface area contributed by atoms with Crippen LogP contribution in [0.2, 0.25) is 0 Å². The van der Waals surface area contributed by atoms with Crippen molar-refractivity contribution in [3.05, 3.63) is 77.9 Å². The van der Waals surface area contributed by atoms with Crippen LogP contribution in [0.25, 0.3) is 0 Å². The predicted octanol–water partition coefficient (Wildman–Crippen LogP) is 10.4. The van der Waals surface area contributed by atoms with Crippen molar-refractivity contribution in [2.45, 2.75) is 121 Å². The van der Waals surface area contributed by atoms with Gasteiger partial charge in [-0.05, 0) is 50.0 Å². The molecule has 3 N–H and O–H groups in total. The maximum atomic E-state index is 12.3. The van der Waals surface area contributed by atoms with E-state index >= 15 is 0 Å². The summed E-state index contributed by atoms with van der Waals surface area (Å²) in [5, 5.41) is 3.54. The van der Waals surface area contributed by atoms with E-state index in [1.165, 1.54) is 12.1 Å². The molecule has 1 heterocycles. The fraction of sp³-hybridized carbons (Fsp3) is 0.600. The van der Waals surface area contributed by atoms with E-state index < -0.39 is 6.36 Å². The van der Waals surface area contributed by atoms with Crippen LogP contribution < -0.4 is 15.8 Å². The van der Waals surface area contributed by atoms with Crippen LogP contribution in [0.1, 0.15) is 108 Å². The number of allylic oxidation sites excluding steroid dienone is 4. The van der Waals surface area contributed by atoms with Crippen LogP contribution in [0.15, 0.2) is 72.4 Å². The molecule has 5 nitrogen and oxygen atoms in total. The summed E-state index contributed by atoms with van der Waals surface area (Å²) in [6, 6.07) is 6.34. The summed E-state index contributed by atoms with van der Waals surface area (Å²) in [5.41, 5.74) is 9.71. The molecule has 1 saturated heterocycles. The number of hydrogen-bond acceptors (Lipinski definition) is 5. The van der Waals surface area contributed by atoms with Crippen LogP contribution in [-0.2, 0) is 6.54 Å². The van der Waals surface area contributed by atoms with Crippen molar-refractivity contribution in [1.29, 1.82) is 0 Å². The Morgan fingerprint density at radius 1 is 0.977 bits per heavy atom. The van der Waals surface area contributed by atoms with Crippen molar-refractivity contribution in [2.24, 2.45) is 5.73 Å². The summed E-state index contributed by atoms with van der Waals surface area (Å²) in [4.78, 5) is 4.28. The summed E-state index contributed by atoms with van der Waals surface area (Å²) in [5.74, 6) is -0.201. The van der Waals surface area contributed by atoms with Crippen LogP contribution in [0.3, 0.4) is 0 Å². The van der Waals surface area contributed by atoms with Gasteiger partial charge in [-0.25, -0.2) is 0 Å². The van der Waals surface area contributed by atoms with Gasteiger partial charge >= 0.3 is 6.36 Å². The molecule has 43 heavy (non-hydrogen) atoms.